The van der Waals surface area contributed by atoms with Crippen molar-refractivity contribution >= 4 is 5.69 Å². The Morgan fingerprint density at radius 1 is 1.25 bits per heavy atom. The molecule has 1 aromatic carbocycles. The van der Waals surface area contributed by atoms with Crippen LogP contribution in [0.15, 0.2) is 30.4 Å². The summed E-state index contributed by atoms with van der Waals surface area (Å²) in [5.41, 5.74) is 6.22. The van der Waals surface area contributed by atoms with Gasteiger partial charge < -0.3 is 5.32 Å². The van der Waals surface area contributed by atoms with Gasteiger partial charge in [0.1, 0.15) is 0 Å². The predicted molar refractivity (Wildman–Crippen MR) is 103 cm³/mol. The molecule has 2 nitrogen and oxygen atoms in total. The number of hydrogen-bond acceptors (Lipinski definition) is 2. The van der Waals surface area contributed by atoms with Gasteiger partial charge in [0.15, 0.2) is 0 Å². The summed E-state index contributed by atoms with van der Waals surface area (Å²) in [6.45, 7) is 12.6. The van der Waals surface area contributed by atoms with E-state index in [0.29, 0.717) is 5.41 Å². The van der Waals surface area contributed by atoms with E-state index in [1.807, 2.05) is 0 Å². The first-order valence-electron chi connectivity index (χ1n) is 9.81. The maximum atomic E-state index is 4.33. The van der Waals surface area contributed by atoms with Gasteiger partial charge in [0.25, 0.3) is 0 Å². The summed E-state index contributed by atoms with van der Waals surface area (Å²) in [6, 6.07) is 7.68. The highest BCUT2D eigenvalue weighted by molar-refractivity contribution is 5.61. The maximum absolute atomic E-state index is 4.33. The second-order valence-electron chi connectivity index (χ2n) is 8.71. The molecule has 0 amide bonds. The van der Waals surface area contributed by atoms with Gasteiger partial charge in [-0.1, -0.05) is 36.8 Å². The fraction of sp³-hybridized carbons (Fsp3) is 0.636. The predicted octanol–water partition coefficient (Wildman–Crippen LogP) is 4.89. The minimum atomic E-state index is 0.380. The first kappa shape index (κ1) is 16.2. The van der Waals surface area contributed by atoms with Crippen LogP contribution in [-0.2, 0) is 5.41 Å². The van der Waals surface area contributed by atoms with E-state index in [2.05, 4.69) is 48.8 Å². The van der Waals surface area contributed by atoms with Gasteiger partial charge in [-0.05, 0) is 76.1 Å². The molecule has 1 spiro atoms. The first-order chi connectivity index (χ1) is 11.6. The fourth-order valence-corrected chi connectivity index (χ4v) is 5.20. The molecule has 2 heterocycles. The largest absolute Gasteiger partial charge is 0.384 e. The molecule has 4 rings (SSSR count). The summed E-state index contributed by atoms with van der Waals surface area (Å²) in [5, 5.41) is 3.67. The highest BCUT2D eigenvalue weighted by Crippen LogP contribution is 2.45. The van der Waals surface area contributed by atoms with E-state index in [1.165, 1.54) is 68.4 Å². The van der Waals surface area contributed by atoms with Crippen molar-refractivity contribution in [2.75, 3.05) is 25.0 Å². The lowest BCUT2D eigenvalue weighted by atomic mass is 9.73. The van der Waals surface area contributed by atoms with Crippen LogP contribution >= 0.6 is 0 Å². The number of hydrogen-bond donors (Lipinski definition) is 1. The Balaban J connectivity index is 1.48. The quantitative estimate of drug-likeness (QED) is 0.584. The van der Waals surface area contributed by atoms with Crippen LogP contribution in [0.2, 0.25) is 0 Å². The van der Waals surface area contributed by atoms with E-state index in [0.717, 1.165) is 18.5 Å². The van der Waals surface area contributed by atoms with Crippen LogP contribution in [0.4, 0.5) is 5.69 Å². The van der Waals surface area contributed by atoms with Crippen molar-refractivity contribution in [2.45, 2.75) is 63.8 Å². The lowest BCUT2D eigenvalue weighted by Gasteiger charge is -2.43. The van der Waals surface area contributed by atoms with Crippen LogP contribution < -0.4 is 5.32 Å². The van der Waals surface area contributed by atoms with Crippen molar-refractivity contribution in [1.82, 2.24) is 4.90 Å². The number of nitrogens with one attached hydrogen (secondary N) is 1. The average molecular weight is 325 g/mol. The lowest BCUT2D eigenvalue weighted by molar-refractivity contribution is 0.109. The SMILES string of the molecule is C=C1CCC(C)CC(N2CCC3(CC2)CNc2ccc(C)cc23)C1. The third kappa shape index (κ3) is 2.90. The monoisotopic (exact) mass is 324 g/mol. The van der Waals surface area contributed by atoms with Crippen molar-refractivity contribution in [3.05, 3.63) is 41.5 Å². The molecule has 1 N–H and O–H groups in total. The number of aryl methyl sites for hydroxylation is 1. The Bertz CT molecular complexity index is 625. The zero-order valence-electron chi connectivity index (χ0n) is 15.4. The minimum absolute atomic E-state index is 0.380. The molecule has 2 unspecified atom stereocenters. The van der Waals surface area contributed by atoms with E-state index in [9.17, 15) is 0 Å². The van der Waals surface area contributed by atoms with Gasteiger partial charge in [-0.15, -0.1) is 0 Å². The summed E-state index contributed by atoms with van der Waals surface area (Å²) in [6.07, 6.45) is 7.77. The number of benzene rings is 1. The summed E-state index contributed by atoms with van der Waals surface area (Å²) in [7, 11) is 0. The molecule has 1 saturated heterocycles. The summed E-state index contributed by atoms with van der Waals surface area (Å²) in [4.78, 5) is 2.78. The molecule has 0 radical (unpaired) electrons. The Kier molecular flexibility index (Phi) is 4.20. The average Bonchev–Trinajstić information content (AvgIpc) is 2.80. The molecule has 2 aliphatic heterocycles. The highest BCUT2D eigenvalue weighted by Gasteiger charge is 2.42. The molecule has 2 atom stereocenters. The number of nitrogens with zero attached hydrogens (tertiary/aromatic N) is 1. The van der Waals surface area contributed by atoms with Crippen LogP contribution in [0.5, 0.6) is 0 Å². The smallest absolute Gasteiger partial charge is 0.0379 e. The zero-order valence-corrected chi connectivity index (χ0v) is 15.4. The Morgan fingerprint density at radius 3 is 2.83 bits per heavy atom. The third-order valence-corrected chi connectivity index (χ3v) is 6.82. The van der Waals surface area contributed by atoms with E-state index in [1.54, 1.807) is 5.56 Å². The highest BCUT2D eigenvalue weighted by atomic mass is 15.2. The minimum Gasteiger partial charge on any atom is -0.384 e. The summed E-state index contributed by atoms with van der Waals surface area (Å²) >= 11 is 0. The van der Waals surface area contributed by atoms with Gasteiger partial charge >= 0.3 is 0 Å². The molecule has 1 aliphatic carbocycles. The van der Waals surface area contributed by atoms with Crippen molar-refractivity contribution < 1.29 is 0 Å². The molecule has 24 heavy (non-hydrogen) atoms. The van der Waals surface area contributed by atoms with Crippen molar-refractivity contribution in [3.8, 4) is 0 Å². The van der Waals surface area contributed by atoms with Gasteiger partial charge in [-0.25, -0.2) is 0 Å². The van der Waals surface area contributed by atoms with Crippen molar-refractivity contribution in [3.63, 3.8) is 0 Å². The molecule has 2 fully saturated rings. The Hall–Kier alpha value is -1.28. The van der Waals surface area contributed by atoms with Crippen LogP contribution in [0.25, 0.3) is 0 Å². The van der Waals surface area contributed by atoms with Crippen LogP contribution in [0.3, 0.4) is 0 Å². The van der Waals surface area contributed by atoms with E-state index in [-0.39, 0.29) is 0 Å². The third-order valence-electron chi connectivity index (χ3n) is 6.82. The molecule has 0 bridgehead atoms. The summed E-state index contributed by atoms with van der Waals surface area (Å²) < 4.78 is 0. The van der Waals surface area contributed by atoms with Crippen LogP contribution in [0, 0.1) is 12.8 Å². The molecule has 0 aromatic heterocycles. The van der Waals surface area contributed by atoms with Gasteiger partial charge in [-0.2, -0.15) is 0 Å². The Labute approximate surface area is 147 Å². The molecule has 3 aliphatic rings. The number of fused-ring (bicyclic) bond motifs is 2. The topological polar surface area (TPSA) is 15.3 Å². The number of rotatable bonds is 1. The molecule has 130 valence electrons. The van der Waals surface area contributed by atoms with Crippen molar-refractivity contribution in [1.29, 1.82) is 0 Å². The van der Waals surface area contributed by atoms with Gasteiger partial charge in [-0.3, -0.25) is 4.90 Å². The normalized spacial score (nSPS) is 30.0. The number of anilines is 1. The molecular formula is C22H32N2. The number of likely N-dealkylation sites (tertiary alicyclic amines) is 1. The van der Waals surface area contributed by atoms with E-state index in [4.69, 9.17) is 0 Å². The van der Waals surface area contributed by atoms with Crippen LogP contribution in [-0.4, -0.2) is 30.6 Å². The summed E-state index contributed by atoms with van der Waals surface area (Å²) in [5.74, 6) is 0.849. The molecule has 1 aromatic rings. The second-order valence-corrected chi connectivity index (χ2v) is 8.71. The maximum Gasteiger partial charge on any atom is 0.0379 e. The first-order valence-corrected chi connectivity index (χ1v) is 9.81. The standard InChI is InChI=1S/C22H32N2/c1-16-4-5-17(2)13-19(12-16)24-10-8-22(9-11-24)15-23-21-7-6-18(3)14-20(21)22/h6-7,14,17,19,23H,1,4-5,8-13,15H2,2-3H3. The second kappa shape index (κ2) is 6.22. The van der Waals surface area contributed by atoms with Gasteiger partial charge in [0.05, 0.1) is 0 Å². The fourth-order valence-electron chi connectivity index (χ4n) is 5.20. The van der Waals surface area contributed by atoms with Crippen molar-refractivity contribution in [2.24, 2.45) is 5.92 Å². The molecular weight excluding hydrogens is 292 g/mol. The van der Waals surface area contributed by atoms with Gasteiger partial charge in [0, 0.05) is 23.7 Å². The lowest BCUT2D eigenvalue weighted by Crippen LogP contribution is -2.48. The Morgan fingerprint density at radius 2 is 2.04 bits per heavy atom. The van der Waals surface area contributed by atoms with E-state index < -0.39 is 0 Å². The van der Waals surface area contributed by atoms with Gasteiger partial charge in [0.2, 0.25) is 0 Å². The molecule has 2 heteroatoms. The van der Waals surface area contributed by atoms with E-state index >= 15 is 0 Å². The van der Waals surface area contributed by atoms with Crippen LogP contribution in [0.1, 0.15) is 56.6 Å². The zero-order chi connectivity index (χ0) is 16.7. The number of piperidine rings is 1. The molecule has 1 saturated carbocycles.